The van der Waals surface area contributed by atoms with E-state index in [0.29, 0.717) is 11.6 Å². The molecule has 19 heavy (non-hydrogen) atoms. The summed E-state index contributed by atoms with van der Waals surface area (Å²) in [7, 11) is 0. The fourth-order valence-electron chi connectivity index (χ4n) is 1.73. The molecule has 0 atom stereocenters. The van der Waals surface area contributed by atoms with Gasteiger partial charge < -0.3 is 10.1 Å². The highest BCUT2D eigenvalue weighted by atomic mass is 35.5. The van der Waals surface area contributed by atoms with Crippen LogP contribution >= 0.6 is 22.9 Å². The van der Waals surface area contributed by atoms with Gasteiger partial charge in [0.05, 0.1) is 5.69 Å². The summed E-state index contributed by atoms with van der Waals surface area (Å²) < 4.78 is 5.66. The lowest BCUT2D eigenvalue weighted by Gasteiger charge is -2.04. The molecule has 1 heterocycles. The van der Waals surface area contributed by atoms with E-state index < -0.39 is 0 Å². The van der Waals surface area contributed by atoms with Gasteiger partial charge in [0.25, 0.3) is 0 Å². The molecule has 0 amide bonds. The Hall–Kier alpha value is -1.10. The molecule has 1 aromatic carbocycles. The molecule has 100 valence electrons. The summed E-state index contributed by atoms with van der Waals surface area (Å²) in [5.41, 5.74) is 0.970. The highest BCUT2D eigenvalue weighted by molar-refractivity contribution is 7.09. The molecule has 5 heteroatoms. The van der Waals surface area contributed by atoms with Gasteiger partial charge in [0.1, 0.15) is 17.4 Å². The summed E-state index contributed by atoms with van der Waals surface area (Å²) in [6, 6.07) is 8.13. The maximum atomic E-state index is 5.91. The highest BCUT2D eigenvalue weighted by Crippen LogP contribution is 2.21. The van der Waals surface area contributed by atoms with Gasteiger partial charge >= 0.3 is 0 Å². The first-order valence-corrected chi connectivity index (χ1v) is 7.60. The van der Waals surface area contributed by atoms with Crippen LogP contribution in [-0.2, 0) is 13.2 Å². The van der Waals surface area contributed by atoms with Crippen molar-refractivity contribution in [2.24, 2.45) is 0 Å². The van der Waals surface area contributed by atoms with Gasteiger partial charge in [-0.15, -0.1) is 11.3 Å². The molecule has 0 saturated heterocycles. The summed E-state index contributed by atoms with van der Waals surface area (Å²) in [5, 5.41) is 7.31. The maximum absolute atomic E-state index is 5.91. The summed E-state index contributed by atoms with van der Waals surface area (Å²) in [5.74, 6) is 0.776. The number of hydrogen-bond acceptors (Lipinski definition) is 4. The Labute approximate surface area is 121 Å². The van der Waals surface area contributed by atoms with Gasteiger partial charge in [0.15, 0.2) is 0 Å². The Morgan fingerprint density at radius 1 is 1.42 bits per heavy atom. The number of thiazole rings is 1. The summed E-state index contributed by atoms with van der Waals surface area (Å²) >= 11 is 7.58. The molecule has 0 aliphatic heterocycles. The standard InChI is InChI=1S/C14H15ClN2OS/c15-10-2-1-3-13(6-10)18-8-12-9-19-14(17-12)7-16-11-4-5-11/h1-3,6,9,11,16H,4-5,7-8H2. The van der Waals surface area contributed by atoms with Crippen LogP contribution in [0.3, 0.4) is 0 Å². The molecule has 3 nitrogen and oxygen atoms in total. The van der Waals surface area contributed by atoms with Gasteiger partial charge in [0.2, 0.25) is 0 Å². The van der Waals surface area contributed by atoms with Gasteiger partial charge in [-0.1, -0.05) is 17.7 Å². The van der Waals surface area contributed by atoms with Crippen molar-refractivity contribution in [3.05, 3.63) is 45.4 Å². The summed E-state index contributed by atoms with van der Waals surface area (Å²) in [6.07, 6.45) is 2.60. The minimum Gasteiger partial charge on any atom is -0.487 e. The number of nitrogens with zero attached hydrogens (tertiary/aromatic N) is 1. The second-order valence-electron chi connectivity index (χ2n) is 4.63. The van der Waals surface area contributed by atoms with Crippen LogP contribution in [0.1, 0.15) is 23.5 Å². The predicted molar refractivity (Wildman–Crippen MR) is 77.8 cm³/mol. The molecule has 2 aromatic rings. The number of rotatable bonds is 6. The second kappa shape index (κ2) is 5.90. The minimum absolute atomic E-state index is 0.486. The Balaban J connectivity index is 1.51. The van der Waals surface area contributed by atoms with E-state index in [4.69, 9.17) is 16.3 Å². The Morgan fingerprint density at radius 3 is 3.11 bits per heavy atom. The molecule has 1 fully saturated rings. The molecular weight excluding hydrogens is 280 g/mol. The Kier molecular flexibility index (Phi) is 4.01. The topological polar surface area (TPSA) is 34.1 Å². The fraction of sp³-hybridized carbons (Fsp3) is 0.357. The molecular formula is C14H15ClN2OS. The smallest absolute Gasteiger partial charge is 0.131 e. The molecule has 1 saturated carbocycles. The van der Waals surface area contributed by atoms with Crippen molar-refractivity contribution in [3.63, 3.8) is 0 Å². The van der Waals surface area contributed by atoms with E-state index in [2.05, 4.69) is 15.7 Å². The van der Waals surface area contributed by atoms with E-state index in [-0.39, 0.29) is 0 Å². The second-order valence-corrected chi connectivity index (χ2v) is 6.01. The lowest BCUT2D eigenvalue weighted by Crippen LogP contribution is -2.15. The first-order valence-electron chi connectivity index (χ1n) is 6.34. The normalized spacial score (nSPS) is 14.6. The van der Waals surface area contributed by atoms with Crippen LogP contribution in [0.25, 0.3) is 0 Å². The van der Waals surface area contributed by atoms with Gasteiger partial charge in [-0.2, -0.15) is 0 Å². The number of benzene rings is 1. The van der Waals surface area contributed by atoms with Crippen molar-refractivity contribution in [1.82, 2.24) is 10.3 Å². The third-order valence-corrected chi connectivity index (χ3v) is 4.03. The molecule has 0 radical (unpaired) electrons. The van der Waals surface area contributed by atoms with Crippen molar-refractivity contribution < 1.29 is 4.74 Å². The molecule has 0 spiro atoms. The first-order chi connectivity index (χ1) is 9.29. The van der Waals surface area contributed by atoms with Crippen molar-refractivity contribution in [3.8, 4) is 5.75 Å². The molecule has 1 N–H and O–H groups in total. The van der Waals surface area contributed by atoms with Crippen LogP contribution < -0.4 is 10.1 Å². The monoisotopic (exact) mass is 294 g/mol. The van der Waals surface area contributed by atoms with E-state index in [1.54, 1.807) is 11.3 Å². The Morgan fingerprint density at radius 2 is 2.32 bits per heavy atom. The lowest BCUT2D eigenvalue weighted by atomic mass is 10.3. The zero-order valence-corrected chi connectivity index (χ0v) is 12.0. The van der Waals surface area contributed by atoms with Crippen LogP contribution in [0.15, 0.2) is 29.6 Å². The number of nitrogens with one attached hydrogen (secondary N) is 1. The first kappa shape index (κ1) is 12.9. The van der Waals surface area contributed by atoms with Crippen molar-refractivity contribution in [2.45, 2.75) is 32.0 Å². The third-order valence-electron chi connectivity index (χ3n) is 2.90. The number of ether oxygens (including phenoxy) is 1. The molecule has 1 aliphatic carbocycles. The van der Waals surface area contributed by atoms with Crippen molar-refractivity contribution in [1.29, 1.82) is 0 Å². The highest BCUT2D eigenvalue weighted by Gasteiger charge is 2.20. The van der Waals surface area contributed by atoms with E-state index >= 15 is 0 Å². The minimum atomic E-state index is 0.486. The van der Waals surface area contributed by atoms with Crippen molar-refractivity contribution in [2.75, 3.05) is 0 Å². The van der Waals surface area contributed by atoms with Crippen LogP contribution in [-0.4, -0.2) is 11.0 Å². The van der Waals surface area contributed by atoms with Gasteiger partial charge in [-0.05, 0) is 31.0 Å². The Bertz CT molecular complexity index is 554. The van der Waals surface area contributed by atoms with E-state index in [0.717, 1.165) is 29.0 Å². The number of halogens is 1. The average Bonchev–Trinajstić information content (AvgIpc) is 3.13. The summed E-state index contributed by atoms with van der Waals surface area (Å²) in [4.78, 5) is 4.55. The largest absolute Gasteiger partial charge is 0.487 e. The maximum Gasteiger partial charge on any atom is 0.131 e. The SMILES string of the molecule is Clc1cccc(OCc2csc(CNC3CC3)n2)c1. The van der Waals surface area contributed by atoms with Gasteiger partial charge in [-0.25, -0.2) is 4.98 Å². The molecule has 0 unspecified atom stereocenters. The predicted octanol–water partition coefficient (Wildman–Crippen LogP) is 3.63. The van der Waals surface area contributed by atoms with Gasteiger partial charge in [0, 0.05) is 23.0 Å². The molecule has 0 bridgehead atoms. The number of hydrogen-bond donors (Lipinski definition) is 1. The third kappa shape index (κ3) is 3.93. The quantitative estimate of drug-likeness (QED) is 0.883. The molecule has 1 aliphatic rings. The van der Waals surface area contributed by atoms with Gasteiger partial charge in [-0.3, -0.25) is 0 Å². The summed E-state index contributed by atoms with van der Waals surface area (Å²) in [6.45, 7) is 1.35. The number of aromatic nitrogens is 1. The van der Waals surface area contributed by atoms with E-state index in [9.17, 15) is 0 Å². The fourth-order valence-corrected chi connectivity index (χ4v) is 2.64. The zero-order valence-electron chi connectivity index (χ0n) is 10.4. The van der Waals surface area contributed by atoms with Crippen LogP contribution in [0.4, 0.5) is 0 Å². The molecule has 1 aromatic heterocycles. The zero-order chi connectivity index (χ0) is 13.1. The van der Waals surface area contributed by atoms with E-state index in [1.165, 1.54) is 12.8 Å². The van der Waals surface area contributed by atoms with Crippen LogP contribution in [0.5, 0.6) is 5.75 Å². The lowest BCUT2D eigenvalue weighted by molar-refractivity contribution is 0.302. The van der Waals surface area contributed by atoms with Crippen molar-refractivity contribution >= 4 is 22.9 Å². The van der Waals surface area contributed by atoms with Crippen LogP contribution in [0.2, 0.25) is 5.02 Å². The average molecular weight is 295 g/mol. The molecule has 3 rings (SSSR count). The van der Waals surface area contributed by atoms with E-state index in [1.807, 2.05) is 24.3 Å². The van der Waals surface area contributed by atoms with Crippen LogP contribution in [0, 0.1) is 0 Å².